The number of hydrogen-bond acceptors (Lipinski definition) is 3. The fourth-order valence-corrected chi connectivity index (χ4v) is 4.31. The monoisotopic (exact) mass is 432 g/mol. The summed E-state index contributed by atoms with van der Waals surface area (Å²) in [6.45, 7) is 0.657. The number of carbonyl (C=O) groups excluding carboxylic acids is 2. The topological polar surface area (TPSA) is 49.4 Å². The molecular formula is C20H21BrN2O2S. The Bertz CT molecular complexity index is 767. The lowest BCUT2D eigenvalue weighted by Gasteiger charge is -2.17. The largest absolute Gasteiger partial charge is 0.326 e. The van der Waals surface area contributed by atoms with Crippen LogP contribution in [0, 0.1) is 11.8 Å². The maximum atomic E-state index is 13.0. The molecule has 2 amide bonds. The van der Waals surface area contributed by atoms with Crippen LogP contribution < -0.4 is 10.2 Å². The van der Waals surface area contributed by atoms with Crippen molar-refractivity contribution in [3.05, 3.63) is 59.1 Å². The van der Waals surface area contributed by atoms with E-state index in [0.29, 0.717) is 6.54 Å². The number of thioether (sulfide) groups is 1. The van der Waals surface area contributed by atoms with Crippen LogP contribution in [0.5, 0.6) is 0 Å². The third-order valence-corrected chi connectivity index (χ3v) is 5.84. The average molecular weight is 433 g/mol. The van der Waals surface area contributed by atoms with Gasteiger partial charge in [-0.1, -0.05) is 34.1 Å². The van der Waals surface area contributed by atoms with E-state index < -0.39 is 0 Å². The highest BCUT2D eigenvalue weighted by Gasteiger charge is 2.41. The zero-order chi connectivity index (χ0) is 18.5. The summed E-state index contributed by atoms with van der Waals surface area (Å²) >= 11 is 5.14. The molecule has 1 aliphatic rings. The zero-order valence-corrected chi connectivity index (χ0v) is 16.9. The van der Waals surface area contributed by atoms with Gasteiger partial charge in [-0.3, -0.25) is 9.59 Å². The number of hydrogen-bond donors (Lipinski definition) is 1. The molecule has 4 nitrogen and oxygen atoms in total. The van der Waals surface area contributed by atoms with Crippen molar-refractivity contribution < 1.29 is 9.59 Å². The van der Waals surface area contributed by atoms with Gasteiger partial charge in [0.1, 0.15) is 0 Å². The highest BCUT2D eigenvalue weighted by molar-refractivity contribution is 9.10. The molecule has 0 saturated carbocycles. The molecule has 0 spiro atoms. The van der Waals surface area contributed by atoms with Crippen LogP contribution in [0.25, 0.3) is 0 Å². The van der Waals surface area contributed by atoms with Crippen molar-refractivity contribution in [2.75, 3.05) is 28.8 Å². The first-order valence-electron chi connectivity index (χ1n) is 8.49. The van der Waals surface area contributed by atoms with Gasteiger partial charge in [-0.05, 0) is 54.3 Å². The van der Waals surface area contributed by atoms with E-state index in [9.17, 15) is 9.59 Å². The van der Waals surface area contributed by atoms with Gasteiger partial charge in [-0.15, -0.1) is 0 Å². The van der Waals surface area contributed by atoms with Crippen LogP contribution in [0.1, 0.15) is 6.42 Å². The summed E-state index contributed by atoms with van der Waals surface area (Å²) in [5.74, 6) is 0.674. The smallest absolute Gasteiger partial charge is 0.231 e. The van der Waals surface area contributed by atoms with Gasteiger partial charge in [0, 0.05) is 28.8 Å². The van der Waals surface area contributed by atoms with Crippen LogP contribution in [0.2, 0.25) is 0 Å². The highest BCUT2D eigenvalue weighted by Crippen LogP contribution is 2.34. The zero-order valence-electron chi connectivity index (χ0n) is 14.5. The molecular weight excluding hydrogens is 412 g/mol. The van der Waals surface area contributed by atoms with E-state index >= 15 is 0 Å². The number of nitrogens with one attached hydrogen (secondary N) is 1. The molecule has 136 valence electrons. The predicted octanol–water partition coefficient (Wildman–Crippen LogP) is 4.42. The minimum absolute atomic E-state index is 0.0367. The first-order chi connectivity index (χ1) is 12.6. The molecule has 1 saturated heterocycles. The average Bonchev–Trinajstić information content (AvgIpc) is 2.93. The van der Waals surface area contributed by atoms with E-state index in [1.807, 2.05) is 65.8 Å². The predicted molar refractivity (Wildman–Crippen MR) is 112 cm³/mol. The number of halogens is 1. The van der Waals surface area contributed by atoms with E-state index in [4.69, 9.17) is 0 Å². The standard InChI is InChI=1S/C20H21BrN2O2S/c1-26-13-14-12-23(17-9-7-15(21)8-10-17)20(25)18(14)11-19(24)22-16-5-3-2-4-6-16/h2-10,14,18H,11-13H2,1H3,(H,22,24)/t14-,18-/m1/s1. The lowest BCUT2D eigenvalue weighted by atomic mass is 9.93. The molecule has 1 heterocycles. The molecule has 0 aliphatic carbocycles. The summed E-state index contributed by atoms with van der Waals surface area (Å²) in [5.41, 5.74) is 1.64. The van der Waals surface area contributed by atoms with Gasteiger partial charge in [-0.25, -0.2) is 0 Å². The maximum absolute atomic E-state index is 13.0. The van der Waals surface area contributed by atoms with Crippen molar-refractivity contribution in [3.8, 4) is 0 Å². The van der Waals surface area contributed by atoms with Gasteiger partial charge in [0.2, 0.25) is 11.8 Å². The molecule has 6 heteroatoms. The summed E-state index contributed by atoms with van der Waals surface area (Å²) in [5, 5.41) is 2.89. The SMILES string of the molecule is CSC[C@H]1CN(c2ccc(Br)cc2)C(=O)[C@@H]1CC(=O)Nc1ccccc1. The van der Waals surface area contributed by atoms with E-state index in [0.717, 1.165) is 21.6 Å². The first kappa shape index (κ1) is 19.0. The molecule has 2 aromatic carbocycles. The Labute approximate surface area is 166 Å². The molecule has 1 fully saturated rings. The number of amides is 2. The second-order valence-electron chi connectivity index (χ2n) is 6.37. The van der Waals surface area contributed by atoms with E-state index in [-0.39, 0.29) is 30.1 Å². The van der Waals surface area contributed by atoms with Gasteiger partial charge in [0.05, 0.1) is 5.92 Å². The Morgan fingerprint density at radius 2 is 1.88 bits per heavy atom. The van der Waals surface area contributed by atoms with Crippen LogP contribution >= 0.6 is 27.7 Å². The van der Waals surface area contributed by atoms with E-state index in [1.54, 1.807) is 11.8 Å². The van der Waals surface area contributed by atoms with Crippen molar-refractivity contribution in [1.29, 1.82) is 0 Å². The summed E-state index contributed by atoms with van der Waals surface area (Å²) in [6, 6.07) is 17.1. The summed E-state index contributed by atoms with van der Waals surface area (Å²) in [4.78, 5) is 27.3. The van der Waals surface area contributed by atoms with Crippen molar-refractivity contribution in [3.63, 3.8) is 0 Å². The molecule has 1 aliphatic heterocycles. The first-order valence-corrected chi connectivity index (χ1v) is 10.7. The molecule has 2 atom stereocenters. The number of para-hydroxylation sites is 1. The van der Waals surface area contributed by atoms with Crippen LogP contribution in [0.15, 0.2) is 59.1 Å². The van der Waals surface area contributed by atoms with Crippen LogP contribution in [0.4, 0.5) is 11.4 Å². The van der Waals surface area contributed by atoms with Crippen LogP contribution in [-0.4, -0.2) is 30.4 Å². The lowest BCUT2D eigenvalue weighted by molar-refractivity contribution is -0.125. The van der Waals surface area contributed by atoms with Gasteiger partial charge in [0.15, 0.2) is 0 Å². The third-order valence-electron chi connectivity index (χ3n) is 4.55. The molecule has 0 unspecified atom stereocenters. The van der Waals surface area contributed by atoms with Crippen molar-refractivity contribution in [2.24, 2.45) is 11.8 Å². The minimum Gasteiger partial charge on any atom is -0.326 e. The number of nitrogens with zero attached hydrogens (tertiary/aromatic N) is 1. The molecule has 0 radical (unpaired) electrons. The summed E-state index contributed by atoms with van der Waals surface area (Å²) in [7, 11) is 0. The van der Waals surface area contributed by atoms with Crippen molar-refractivity contribution in [2.45, 2.75) is 6.42 Å². The quantitative estimate of drug-likeness (QED) is 0.734. The van der Waals surface area contributed by atoms with E-state index in [2.05, 4.69) is 21.2 Å². The minimum atomic E-state index is -0.283. The van der Waals surface area contributed by atoms with Gasteiger partial charge < -0.3 is 10.2 Å². The molecule has 1 N–H and O–H groups in total. The summed E-state index contributed by atoms with van der Waals surface area (Å²) < 4.78 is 0.979. The normalized spacial score (nSPS) is 19.6. The Hall–Kier alpha value is -1.79. The van der Waals surface area contributed by atoms with E-state index in [1.165, 1.54) is 0 Å². The van der Waals surface area contributed by atoms with Crippen molar-refractivity contribution in [1.82, 2.24) is 0 Å². The summed E-state index contributed by atoms with van der Waals surface area (Å²) in [6.07, 6.45) is 2.25. The lowest BCUT2D eigenvalue weighted by Crippen LogP contribution is -2.29. The number of carbonyl (C=O) groups is 2. The second kappa shape index (κ2) is 8.73. The molecule has 0 bridgehead atoms. The Kier molecular flexibility index (Phi) is 6.38. The van der Waals surface area contributed by atoms with Gasteiger partial charge in [-0.2, -0.15) is 11.8 Å². The third kappa shape index (κ3) is 4.48. The number of anilines is 2. The molecule has 2 aromatic rings. The Balaban J connectivity index is 1.72. The fourth-order valence-electron chi connectivity index (χ4n) is 3.28. The van der Waals surface area contributed by atoms with Gasteiger partial charge in [0.25, 0.3) is 0 Å². The number of rotatable bonds is 6. The maximum Gasteiger partial charge on any atom is 0.231 e. The molecule has 26 heavy (non-hydrogen) atoms. The highest BCUT2D eigenvalue weighted by atomic mass is 79.9. The molecule has 3 rings (SSSR count). The van der Waals surface area contributed by atoms with Crippen LogP contribution in [0.3, 0.4) is 0 Å². The number of benzene rings is 2. The van der Waals surface area contributed by atoms with Crippen molar-refractivity contribution >= 4 is 50.9 Å². The molecule has 0 aromatic heterocycles. The second-order valence-corrected chi connectivity index (χ2v) is 8.19. The van der Waals surface area contributed by atoms with Gasteiger partial charge >= 0.3 is 0 Å². The Morgan fingerprint density at radius 3 is 2.54 bits per heavy atom. The van der Waals surface area contributed by atoms with Crippen LogP contribution in [-0.2, 0) is 9.59 Å². The fraction of sp³-hybridized carbons (Fsp3) is 0.300. The Morgan fingerprint density at radius 1 is 1.19 bits per heavy atom.